The van der Waals surface area contributed by atoms with Gasteiger partial charge in [0.15, 0.2) is 5.78 Å². The highest BCUT2D eigenvalue weighted by molar-refractivity contribution is 6.00. The molecule has 1 atom stereocenters. The van der Waals surface area contributed by atoms with Crippen LogP contribution in [-0.2, 0) is 12.8 Å². The Bertz CT molecular complexity index is 628. The average molecular weight is 280 g/mol. The number of Topliss-reactive ketones (excluding diaryl/α,β-unsaturated/α-hetero) is 1. The fourth-order valence-electron chi connectivity index (χ4n) is 3.07. The van der Waals surface area contributed by atoms with E-state index in [1.807, 2.05) is 30.3 Å². The van der Waals surface area contributed by atoms with E-state index in [0.717, 1.165) is 37.0 Å². The SMILES string of the molecule is COc1ccc(CCC2CCc3ccccc3C2=O)cc1. The molecule has 108 valence electrons. The number of fused-ring (bicyclic) bond motifs is 1. The van der Waals surface area contributed by atoms with Gasteiger partial charge in [-0.25, -0.2) is 0 Å². The van der Waals surface area contributed by atoms with E-state index in [9.17, 15) is 4.79 Å². The summed E-state index contributed by atoms with van der Waals surface area (Å²) in [7, 11) is 1.67. The summed E-state index contributed by atoms with van der Waals surface area (Å²) in [6.45, 7) is 0. The lowest BCUT2D eigenvalue weighted by Crippen LogP contribution is -2.23. The van der Waals surface area contributed by atoms with Crippen LogP contribution in [0, 0.1) is 5.92 Å². The fourth-order valence-corrected chi connectivity index (χ4v) is 3.07. The van der Waals surface area contributed by atoms with Crippen LogP contribution in [0.3, 0.4) is 0 Å². The third-order valence-electron chi connectivity index (χ3n) is 4.36. The second-order valence-corrected chi connectivity index (χ2v) is 5.64. The molecule has 3 rings (SSSR count). The molecule has 0 spiro atoms. The third kappa shape index (κ3) is 2.99. The van der Waals surface area contributed by atoms with Crippen LogP contribution < -0.4 is 4.74 Å². The normalized spacial score (nSPS) is 17.4. The summed E-state index contributed by atoms with van der Waals surface area (Å²) >= 11 is 0. The summed E-state index contributed by atoms with van der Waals surface area (Å²) in [6.07, 6.45) is 3.88. The van der Waals surface area contributed by atoms with E-state index >= 15 is 0 Å². The molecule has 2 heteroatoms. The van der Waals surface area contributed by atoms with Gasteiger partial charge < -0.3 is 4.74 Å². The minimum Gasteiger partial charge on any atom is -0.497 e. The summed E-state index contributed by atoms with van der Waals surface area (Å²) in [5.41, 5.74) is 3.41. The molecule has 0 N–H and O–H groups in total. The molecule has 1 aliphatic rings. The van der Waals surface area contributed by atoms with Crippen molar-refractivity contribution in [2.45, 2.75) is 25.7 Å². The number of ether oxygens (including phenoxy) is 1. The first-order chi connectivity index (χ1) is 10.3. The van der Waals surface area contributed by atoms with Gasteiger partial charge in [0.2, 0.25) is 0 Å². The lowest BCUT2D eigenvalue weighted by atomic mass is 9.80. The van der Waals surface area contributed by atoms with Crippen LogP contribution in [0.1, 0.15) is 34.3 Å². The number of hydrogen-bond donors (Lipinski definition) is 0. The Morgan fingerprint density at radius 3 is 2.62 bits per heavy atom. The second-order valence-electron chi connectivity index (χ2n) is 5.64. The van der Waals surface area contributed by atoms with E-state index in [1.165, 1.54) is 11.1 Å². The smallest absolute Gasteiger partial charge is 0.166 e. The largest absolute Gasteiger partial charge is 0.497 e. The Labute approximate surface area is 125 Å². The van der Waals surface area contributed by atoms with Gasteiger partial charge in [-0.3, -0.25) is 4.79 Å². The fraction of sp³-hybridized carbons (Fsp3) is 0.316. The molecule has 0 aromatic heterocycles. The van der Waals surface area contributed by atoms with Crippen molar-refractivity contribution < 1.29 is 9.53 Å². The zero-order valence-corrected chi connectivity index (χ0v) is 12.3. The van der Waals surface area contributed by atoms with E-state index in [4.69, 9.17) is 4.74 Å². The predicted octanol–water partition coefficient (Wildman–Crippen LogP) is 4.07. The molecule has 21 heavy (non-hydrogen) atoms. The molecule has 0 aliphatic heterocycles. The van der Waals surface area contributed by atoms with Crippen LogP contribution in [0.4, 0.5) is 0 Å². The highest BCUT2D eigenvalue weighted by Crippen LogP contribution is 2.28. The molecule has 2 aromatic carbocycles. The van der Waals surface area contributed by atoms with Gasteiger partial charge in [-0.05, 0) is 48.9 Å². The molecule has 0 radical (unpaired) electrons. The predicted molar refractivity (Wildman–Crippen MR) is 83.9 cm³/mol. The molecule has 0 bridgehead atoms. The van der Waals surface area contributed by atoms with Gasteiger partial charge in [0, 0.05) is 11.5 Å². The number of carbonyl (C=O) groups excluding carboxylic acids is 1. The van der Waals surface area contributed by atoms with Gasteiger partial charge in [0.25, 0.3) is 0 Å². The minimum absolute atomic E-state index is 0.169. The molecular weight excluding hydrogens is 260 g/mol. The maximum Gasteiger partial charge on any atom is 0.166 e. The number of hydrogen-bond acceptors (Lipinski definition) is 2. The van der Waals surface area contributed by atoms with E-state index in [-0.39, 0.29) is 5.92 Å². The van der Waals surface area contributed by atoms with Crippen molar-refractivity contribution >= 4 is 5.78 Å². The summed E-state index contributed by atoms with van der Waals surface area (Å²) in [5.74, 6) is 1.37. The lowest BCUT2D eigenvalue weighted by molar-refractivity contribution is 0.0895. The number of benzene rings is 2. The molecule has 0 amide bonds. The van der Waals surface area contributed by atoms with E-state index in [1.54, 1.807) is 7.11 Å². The number of methoxy groups -OCH3 is 1. The molecule has 0 heterocycles. The monoisotopic (exact) mass is 280 g/mol. The highest BCUT2D eigenvalue weighted by Gasteiger charge is 2.26. The summed E-state index contributed by atoms with van der Waals surface area (Å²) < 4.78 is 5.17. The zero-order chi connectivity index (χ0) is 14.7. The lowest BCUT2D eigenvalue weighted by Gasteiger charge is -2.23. The number of carbonyl (C=O) groups is 1. The van der Waals surface area contributed by atoms with Crippen molar-refractivity contribution in [3.63, 3.8) is 0 Å². The number of ketones is 1. The van der Waals surface area contributed by atoms with Gasteiger partial charge in [0.05, 0.1) is 7.11 Å². The van der Waals surface area contributed by atoms with Crippen molar-refractivity contribution in [3.05, 3.63) is 65.2 Å². The maximum absolute atomic E-state index is 12.5. The van der Waals surface area contributed by atoms with E-state index in [2.05, 4.69) is 18.2 Å². The Balaban J connectivity index is 1.65. The van der Waals surface area contributed by atoms with Gasteiger partial charge in [-0.1, -0.05) is 36.4 Å². The Morgan fingerprint density at radius 2 is 1.86 bits per heavy atom. The summed E-state index contributed by atoms with van der Waals surface area (Å²) in [5, 5.41) is 0. The first-order valence-electron chi connectivity index (χ1n) is 7.53. The minimum atomic E-state index is 0.169. The van der Waals surface area contributed by atoms with Gasteiger partial charge >= 0.3 is 0 Å². The maximum atomic E-state index is 12.5. The van der Waals surface area contributed by atoms with Crippen molar-refractivity contribution in [2.24, 2.45) is 5.92 Å². The third-order valence-corrected chi connectivity index (χ3v) is 4.36. The molecule has 0 fully saturated rings. The average Bonchev–Trinajstić information content (AvgIpc) is 2.55. The first-order valence-corrected chi connectivity index (χ1v) is 7.53. The van der Waals surface area contributed by atoms with Gasteiger partial charge in [0.1, 0.15) is 5.75 Å². The number of rotatable bonds is 4. The molecular formula is C19H20O2. The van der Waals surface area contributed by atoms with E-state index < -0.39 is 0 Å². The van der Waals surface area contributed by atoms with Crippen molar-refractivity contribution in [1.29, 1.82) is 0 Å². The zero-order valence-electron chi connectivity index (χ0n) is 12.3. The van der Waals surface area contributed by atoms with Crippen LogP contribution in [0.2, 0.25) is 0 Å². The second kappa shape index (κ2) is 6.13. The Kier molecular flexibility index (Phi) is 4.05. The quantitative estimate of drug-likeness (QED) is 0.843. The number of aryl methyl sites for hydroxylation is 2. The molecule has 0 saturated heterocycles. The van der Waals surface area contributed by atoms with Crippen LogP contribution >= 0.6 is 0 Å². The Hall–Kier alpha value is -2.09. The van der Waals surface area contributed by atoms with E-state index in [0.29, 0.717) is 5.78 Å². The molecule has 0 saturated carbocycles. The summed E-state index contributed by atoms with van der Waals surface area (Å²) in [6, 6.07) is 16.2. The standard InChI is InChI=1S/C19H20O2/c1-21-17-12-7-14(8-13-17)6-9-16-11-10-15-4-2-3-5-18(15)19(16)20/h2-5,7-8,12-13,16H,6,9-11H2,1H3. The Morgan fingerprint density at radius 1 is 1.10 bits per heavy atom. The molecule has 1 aliphatic carbocycles. The first kappa shape index (κ1) is 13.9. The highest BCUT2D eigenvalue weighted by atomic mass is 16.5. The van der Waals surface area contributed by atoms with Gasteiger partial charge in [-0.15, -0.1) is 0 Å². The van der Waals surface area contributed by atoms with Crippen LogP contribution in [0.25, 0.3) is 0 Å². The molecule has 1 unspecified atom stereocenters. The van der Waals surface area contributed by atoms with Crippen LogP contribution in [0.5, 0.6) is 5.75 Å². The molecule has 2 aromatic rings. The van der Waals surface area contributed by atoms with Crippen LogP contribution in [-0.4, -0.2) is 12.9 Å². The topological polar surface area (TPSA) is 26.3 Å². The molecule has 2 nitrogen and oxygen atoms in total. The van der Waals surface area contributed by atoms with Gasteiger partial charge in [-0.2, -0.15) is 0 Å². The van der Waals surface area contributed by atoms with Crippen molar-refractivity contribution in [1.82, 2.24) is 0 Å². The van der Waals surface area contributed by atoms with Crippen LogP contribution in [0.15, 0.2) is 48.5 Å². The van der Waals surface area contributed by atoms with Crippen molar-refractivity contribution in [3.8, 4) is 5.75 Å². The van der Waals surface area contributed by atoms with Crippen molar-refractivity contribution in [2.75, 3.05) is 7.11 Å². The summed E-state index contributed by atoms with van der Waals surface area (Å²) in [4.78, 5) is 12.5.